The summed E-state index contributed by atoms with van der Waals surface area (Å²) in [5.41, 5.74) is -0.0110. The topological polar surface area (TPSA) is 63.0 Å². The molecule has 5 nitrogen and oxygen atoms in total. The summed E-state index contributed by atoms with van der Waals surface area (Å²) in [5.74, 6) is 1.52. The van der Waals surface area contributed by atoms with Crippen LogP contribution in [0, 0.1) is 11.3 Å². The summed E-state index contributed by atoms with van der Waals surface area (Å²) in [6, 6.07) is 0. The smallest absolute Gasteiger partial charge is 0.140 e. The van der Waals surface area contributed by atoms with E-state index in [1.807, 2.05) is 4.68 Å². The van der Waals surface area contributed by atoms with Gasteiger partial charge in [-0.15, -0.1) is 0 Å². The van der Waals surface area contributed by atoms with E-state index < -0.39 is 0 Å². The Hall–Kier alpha value is -0.940. The van der Waals surface area contributed by atoms with Gasteiger partial charge in [0.25, 0.3) is 0 Å². The SMILES string of the molecule is CCC(CC)(CO)CNCc1ncnn1CC(C)C. The molecule has 0 fully saturated rings. The second-order valence-electron chi connectivity index (χ2n) is 5.72. The van der Waals surface area contributed by atoms with Crippen LogP contribution in [0.5, 0.6) is 0 Å². The Morgan fingerprint density at radius 2 is 2.05 bits per heavy atom. The molecule has 2 N–H and O–H groups in total. The largest absolute Gasteiger partial charge is 0.396 e. The maximum absolute atomic E-state index is 9.53. The standard InChI is InChI=1S/C14H28N4O/c1-5-14(6-2,10-19)9-15-7-13-16-11-17-18(13)8-12(3)4/h11-12,15,19H,5-10H2,1-4H3. The lowest BCUT2D eigenvalue weighted by molar-refractivity contribution is 0.112. The van der Waals surface area contributed by atoms with Crippen molar-refractivity contribution in [2.75, 3.05) is 13.2 Å². The molecule has 0 unspecified atom stereocenters. The van der Waals surface area contributed by atoms with Crippen LogP contribution in [-0.2, 0) is 13.1 Å². The molecule has 0 saturated heterocycles. The van der Waals surface area contributed by atoms with Gasteiger partial charge in [-0.25, -0.2) is 9.67 Å². The first-order chi connectivity index (χ1) is 9.06. The molecule has 1 aromatic rings. The molecule has 0 aliphatic carbocycles. The van der Waals surface area contributed by atoms with E-state index in [2.05, 4.69) is 43.1 Å². The summed E-state index contributed by atoms with van der Waals surface area (Å²) < 4.78 is 1.95. The molecule has 0 aromatic carbocycles. The van der Waals surface area contributed by atoms with E-state index in [1.54, 1.807) is 6.33 Å². The number of nitrogens with zero attached hydrogens (tertiary/aromatic N) is 3. The summed E-state index contributed by atoms with van der Waals surface area (Å²) in [6.45, 7) is 11.2. The van der Waals surface area contributed by atoms with Gasteiger partial charge in [-0.3, -0.25) is 0 Å². The third kappa shape index (κ3) is 4.58. The lowest BCUT2D eigenvalue weighted by atomic mass is 9.83. The fourth-order valence-electron chi connectivity index (χ4n) is 2.14. The maximum Gasteiger partial charge on any atom is 0.140 e. The van der Waals surface area contributed by atoms with Crippen molar-refractivity contribution in [2.45, 2.75) is 53.6 Å². The van der Waals surface area contributed by atoms with Crippen LogP contribution in [0.2, 0.25) is 0 Å². The van der Waals surface area contributed by atoms with E-state index >= 15 is 0 Å². The van der Waals surface area contributed by atoms with Crippen molar-refractivity contribution in [3.8, 4) is 0 Å². The highest BCUT2D eigenvalue weighted by atomic mass is 16.3. The molecule has 110 valence electrons. The Labute approximate surface area is 116 Å². The normalized spacial score (nSPS) is 12.3. The lowest BCUT2D eigenvalue weighted by Gasteiger charge is -2.29. The van der Waals surface area contributed by atoms with E-state index in [0.29, 0.717) is 12.5 Å². The zero-order valence-corrected chi connectivity index (χ0v) is 12.7. The minimum absolute atomic E-state index is 0.0110. The first kappa shape index (κ1) is 16.1. The summed E-state index contributed by atoms with van der Waals surface area (Å²) in [4.78, 5) is 4.29. The fraction of sp³-hybridized carbons (Fsp3) is 0.857. The van der Waals surface area contributed by atoms with Gasteiger partial charge in [-0.05, 0) is 18.8 Å². The van der Waals surface area contributed by atoms with Crippen molar-refractivity contribution in [2.24, 2.45) is 11.3 Å². The molecule has 0 spiro atoms. The molecule has 5 heteroatoms. The van der Waals surface area contributed by atoms with Crippen molar-refractivity contribution >= 4 is 0 Å². The van der Waals surface area contributed by atoms with E-state index in [9.17, 15) is 5.11 Å². The minimum Gasteiger partial charge on any atom is -0.396 e. The van der Waals surface area contributed by atoms with Crippen LogP contribution in [0.3, 0.4) is 0 Å². The second-order valence-corrected chi connectivity index (χ2v) is 5.72. The molecule has 0 aliphatic rings. The van der Waals surface area contributed by atoms with Gasteiger partial charge < -0.3 is 10.4 Å². The van der Waals surface area contributed by atoms with Crippen LogP contribution in [0.25, 0.3) is 0 Å². The average Bonchev–Trinajstić information content (AvgIpc) is 2.82. The first-order valence-corrected chi connectivity index (χ1v) is 7.25. The average molecular weight is 268 g/mol. The Balaban J connectivity index is 2.51. The van der Waals surface area contributed by atoms with Gasteiger partial charge in [-0.1, -0.05) is 27.7 Å². The number of aromatic nitrogens is 3. The predicted molar refractivity (Wildman–Crippen MR) is 76.7 cm³/mol. The summed E-state index contributed by atoms with van der Waals surface area (Å²) >= 11 is 0. The van der Waals surface area contributed by atoms with Crippen LogP contribution >= 0.6 is 0 Å². The van der Waals surface area contributed by atoms with Crippen LogP contribution in [0.15, 0.2) is 6.33 Å². The molecule has 0 atom stereocenters. The number of rotatable bonds is 9. The van der Waals surface area contributed by atoms with Gasteiger partial charge in [0.1, 0.15) is 12.2 Å². The van der Waals surface area contributed by atoms with Crippen molar-refractivity contribution in [1.29, 1.82) is 0 Å². The minimum atomic E-state index is -0.0110. The summed E-state index contributed by atoms with van der Waals surface area (Å²) in [6.07, 6.45) is 3.57. The van der Waals surface area contributed by atoms with Gasteiger partial charge in [0.15, 0.2) is 0 Å². The number of hydrogen-bond acceptors (Lipinski definition) is 4. The number of nitrogens with one attached hydrogen (secondary N) is 1. The van der Waals surface area contributed by atoms with Crippen LogP contribution in [0.4, 0.5) is 0 Å². The lowest BCUT2D eigenvalue weighted by Crippen LogP contribution is -2.36. The van der Waals surface area contributed by atoms with Gasteiger partial charge in [0.05, 0.1) is 6.54 Å². The molecule has 0 amide bonds. The van der Waals surface area contributed by atoms with Gasteiger partial charge >= 0.3 is 0 Å². The van der Waals surface area contributed by atoms with Crippen molar-refractivity contribution in [1.82, 2.24) is 20.1 Å². The third-order valence-corrected chi connectivity index (χ3v) is 3.85. The summed E-state index contributed by atoms with van der Waals surface area (Å²) in [5, 5.41) is 17.2. The fourth-order valence-corrected chi connectivity index (χ4v) is 2.14. The van der Waals surface area contributed by atoms with Gasteiger partial charge in [0, 0.05) is 25.1 Å². The van der Waals surface area contributed by atoms with Gasteiger partial charge in [0.2, 0.25) is 0 Å². The second kappa shape index (κ2) is 7.60. The summed E-state index contributed by atoms with van der Waals surface area (Å²) in [7, 11) is 0. The van der Waals surface area contributed by atoms with Crippen molar-refractivity contribution < 1.29 is 5.11 Å². The Morgan fingerprint density at radius 3 is 2.58 bits per heavy atom. The van der Waals surface area contributed by atoms with Crippen LogP contribution in [-0.4, -0.2) is 33.0 Å². The Morgan fingerprint density at radius 1 is 1.37 bits per heavy atom. The number of aliphatic hydroxyl groups is 1. The molecule has 0 radical (unpaired) electrons. The highest BCUT2D eigenvalue weighted by Crippen LogP contribution is 2.24. The predicted octanol–water partition coefficient (Wildman–Crippen LogP) is 1.82. The van der Waals surface area contributed by atoms with Gasteiger partial charge in [-0.2, -0.15) is 5.10 Å². The van der Waals surface area contributed by atoms with Crippen LogP contribution in [0.1, 0.15) is 46.4 Å². The van der Waals surface area contributed by atoms with E-state index in [-0.39, 0.29) is 12.0 Å². The highest BCUT2D eigenvalue weighted by molar-refractivity contribution is 4.86. The third-order valence-electron chi connectivity index (χ3n) is 3.85. The molecule has 0 aliphatic heterocycles. The number of aliphatic hydroxyl groups excluding tert-OH is 1. The molecule has 0 bridgehead atoms. The van der Waals surface area contributed by atoms with E-state index in [4.69, 9.17) is 0 Å². The Bertz CT molecular complexity index is 350. The first-order valence-electron chi connectivity index (χ1n) is 7.25. The monoisotopic (exact) mass is 268 g/mol. The van der Waals surface area contributed by atoms with Crippen molar-refractivity contribution in [3.63, 3.8) is 0 Å². The molecule has 1 rings (SSSR count). The van der Waals surface area contributed by atoms with E-state index in [0.717, 1.165) is 31.8 Å². The molecule has 0 saturated carbocycles. The van der Waals surface area contributed by atoms with Crippen molar-refractivity contribution in [3.05, 3.63) is 12.2 Å². The molecular weight excluding hydrogens is 240 g/mol. The molecule has 1 heterocycles. The number of hydrogen-bond donors (Lipinski definition) is 2. The highest BCUT2D eigenvalue weighted by Gasteiger charge is 2.24. The molecular formula is C14H28N4O. The Kier molecular flexibility index (Phi) is 6.45. The zero-order chi connectivity index (χ0) is 14.3. The quantitative estimate of drug-likeness (QED) is 0.717. The van der Waals surface area contributed by atoms with Crippen LogP contribution < -0.4 is 5.32 Å². The molecule has 1 aromatic heterocycles. The maximum atomic E-state index is 9.53. The molecule has 19 heavy (non-hydrogen) atoms. The van der Waals surface area contributed by atoms with E-state index in [1.165, 1.54) is 0 Å². The zero-order valence-electron chi connectivity index (χ0n) is 12.7.